The summed E-state index contributed by atoms with van der Waals surface area (Å²) in [5.74, 6) is -0.610. The second kappa shape index (κ2) is 7.18. The van der Waals surface area contributed by atoms with Gasteiger partial charge in [-0.05, 0) is 35.4 Å². The van der Waals surface area contributed by atoms with Gasteiger partial charge in [-0.2, -0.15) is 0 Å². The maximum atomic E-state index is 12.9. The lowest BCUT2D eigenvalue weighted by atomic mass is 9.86. The lowest BCUT2D eigenvalue weighted by Gasteiger charge is -2.31. The molecule has 5 heteroatoms. The minimum atomic E-state index is -1.17. The molecule has 0 spiro atoms. The van der Waals surface area contributed by atoms with Crippen LogP contribution >= 0.6 is 11.8 Å². The third-order valence-corrected chi connectivity index (χ3v) is 5.58. The molecule has 1 aliphatic heterocycles. The normalized spacial score (nSPS) is 21.3. The minimum Gasteiger partial charge on any atom is -0.548 e. The molecule has 1 aliphatic rings. The zero-order valence-electron chi connectivity index (χ0n) is 15.0. The van der Waals surface area contributed by atoms with Crippen molar-refractivity contribution in [2.45, 2.75) is 57.9 Å². The average molecular weight is 348 g/mol. The molecule has 132 valence electrons. The van der Waals surface area contributed by atoms with Gasteiger partial charge in [-0.25, -0.2) is 0 Å². The highest BCUT2D eigenvalue weighted by atomic mass is 32.2. The number of carboxylic acids is 1. The van der Waals surface area contributed by atoms with E-state index in [2.05, 4.69) is 34.6 Å². The highest BCUT2D eigenvalue weighted by Crippen LogP contribution is 2.34. The summed E-state index contributed by atoms with van der Waals surface area (Å²) < 4.78 is 0. The number of carboxylic acid groups (broad SMARTS) is 1. The van der Waals surface area contributed by atoms with Crippen LogP contribution in [0.5, 0.6) is 0 Å². The van der Waals surface area contributed by atoms with Gasteiger partial charge in [0.2, 0.25) is 0 Å². The maximum Gasteiger partial charge on any atom is 0.255 e. The molecule has 24 heavy (non-hydrogen) atoms. The predicted octanol–water partition coefficient (Wildman–Crippen LogP) is 2.66. The topological polar surface area (TPSA) is 60.4 Å². The van der Waals surface area contributed by atoms with E-state index < -0.39 is 12.0 Å². The van der Waals surface area contributed by atoms with E-state index in [9.17, 15) is 14.7 Å². The van der Waals surface area contributed by atoms with Crippen LogP contribution in [0.4, 0.5) is 0 Å². The summed E-state index contributed by atoms with van der Waals surface area (Å²) in [6, 6.07) is 6.63. The van der Waals surface area contributed by atoms with Crippen LogP contribution in [-0.2, 0) is 10.2 Å². The lowest BCUT2D eigenvalue weighted by molar-refractivity contribution is -0.310. The highest BCUT2D eigenvalue weighted by Gasteiger charge is 2.38. The van der Waals surface area contributed by atoms with Crippen molar-refractivity contribution in [3.8, 4) is 0 Å². The number of hydrogen-bond acceptors (Lipinski definition) is 4. The van der Waals surface area contributed by atoms with E-state index in [1.165, 1.54) is 16.7 Å². The van der Waals surface area contributed by atoms with Crippen molar-refractivity contribution in [2.75, 3.05) is 5.75 Å². The molecule has 4 nitrogen and oxygen atoms in total. The van der Waals surface area contributed by atoms with Gasteiger partial charge in [-0.1, -0.05) is 46.8 Å². The van der Waals surface area contributed by atoms with Crippen molar-refractivity contribution in [1.82, 2.24) is 4.90 Å². The summed E-state index contributed by atoms with van der Waals surface area (Å²) in [6.07, 6.45) is 0.778. The molecule has 0 aliphatic carbocycles. The fourth-order valence-corrected chi connectivity index (χ4v) is 4.49. The van der Waals surface area contributed by atoms with Crippen LogP contribution < -0.4 is 5.11 Å². The Morgan fingerprint density at radius 1 is 1.25 bits per heavy atom. The van der Waals surface area contributed by atoms with Crippen LogP contribution in [0, 0.1) is 5.92 Å². The first-order valence-electron chi connectivity index (χ1n) is 8.37. The molecule has 1 saturated heterocycles. The largest absolute Gasteiger partial charge is 0.548 e. The van der Waals surface area contributed by atoms with Crippen LogP contribution in [0.2, 0.25) is 0 Å². The Morgan fingerprint density at radius 2 is 1.83 bits per heavy atom. The van der Waals surface area contributed by atoms with Gasteiger partial charge in [0.15, 0.2) is 0 Å². The zero-order valence-corrected chi connectivity index (χ0v) is 15.9. The zero-order chi connectivity index (χ0) is 18.1. The van der Waals surface area contributed by atoms with Crippen LogP contribution in [0.1, 0.15) is 57.0 Å². The molecule has 1 aromatic carbocycles. The number of carbonyl (C=O) groups excluding carboxylic acids is 2. The van der Waals surface area contributed by atoms with E-state index in [0.29, 0.717) is 17.2 Å². The first kappa shape index (κ1) is 18.8. The van der Waals surface area contributed by atoms with Gasteiger partial charge >= 0.3 is 0 Å². The molecule has 1 aromatic rings. The van der Waals surface area contributed by atoms with Crippen molar-refractivity contribution < 1.29 is 14.7 Å². The fourth-order valence-electron chi connectivity index (χ4n) is 2.86. The molecule has 2 atom stereocenters. The van der Waals surface area contributed by atoms with Gasteiger partial charge in [-0.3, -0.25) is 4.79 Å². The average Bonchev–Trinajstić information content (AvgIpc) is 2.88. The summed E-state index contributed by atoms with van der Waals surface area (Å²) in [7, 11) is 0. The van der Waals surface area contributed by atoms with Crippen molar-refractivity contribution in [3.63, 3.8) is 0 Å². The third kappa shape index (κ3) is 4.12. The minimum absolute atomic E-state index is 0.0127. The smallest absolute Gasteiger partial charge is 0.255 e. The SMILES string of the molecule is CC(C)C[C@H]1SC[C@H](C(=O)[O-])N1C(=O)c1ccc(C(C)(C)C)cc1. The Kier molecular flexibility index (Phi) is 5.63. The summed E-state index contributed by atoms with van der Waals surface area (Å²) >= 11 is 1.53. The Morgan fingerprint density at radius 3 is 2.29 bits per heavy atom. The van der Waals surface area contributed by atoms with Crippen LogP contribution in [-0.4, -0.2) is 33.9 Å². The Hall–Kier alpha value is -1.49. The quantitative estimate of drug-likeness (QED) is 0.839. The Balaban J connectivity index is 2.27. The van der Waals surface area contributed by atoms with Gasteiger partial charge < -0.3 is 14.8 Å². The second-order valence-corrected chi connectivity index (χ2v) is 9.00. The number of carbonyl (C=O) groups is 2. The van der Waals surface area contributed by atoms with Crippen molar-refractivity contribution in [2.24, 2.45) is 5.92 Å². The van der Waals surface area contributed by atoms with Crippen molar-refractivity contribution >= 4 is 23.6 Å². The fraction of sp³-hybridized carbons (Fsp3) is 0.579. The number of aliphatic carboxylic acids is 1. The number of amides is 1. The van der Waals surface area contributed by atoms with Gasteiger partial charge in [0, 0.05) is 11.3 Å². The summed E-state index contributed by atoms with van der Waals surface area (Å²) in [6.45, 7) is 10.5. The van der Waals surface area contributed by atoms with E-state index in [0.717, 1.165) is 12.0 Å². The molecule has 1 amide bonds. The third-order valence-electron chi connectivity index (χ3n) is 4.27. The Labute approximate surface area is 148 Å². The summed E-state index contributed by atoms with van der Waals surface area (Å²) in [5.41, 5.74) is 1.69. The van der Waals surface area contributed by atoms with Crippen LogP contribution in [0.25, 0.3) is 0 Å². The molecule has 0 bridgehead atoms. The van der Waals surface area contributed by atoms with Crippen LogP contribution in [0.15, 0.2) is 24.3 Å². The van der Waals surface area contributed by atoms with E-state index >= 15 is 0 Å². The molecule has 0 unspecified atom stereocenters. The monoisotopic (exact) mass is 348 g/mol. The number of rotatable bonds is 4. The van der Waals surface area contributed by atoms with Gasteiger partial charge in [0.1, 0.15) is 0 Å². The standard InChI is InChI=1S/C19H27NO3S/c1-12(2)10-16-20(15(11-24-16)18(22)23)17(21)13-6-8-14(9-7-13)19(3,4)5/h6-9,12,15-16H,10-11H2,1-5H3,(H,22,23)/p-1/t15-,16-/m1/s1. The number of nitrogens with zero attached hydrogens (tertiary/aromatic N) is 1. The van der Waals surface area contributed by atoms with Crippen LogP contribution in [0.3, 0.4) is 0 Å². The first-order chi connectivity index (χ1) is 11.1. The first-order valence-corrected chi connectivity index (χ1v) is 9.41. The van der Waals surface area contributed by atoms with E-state index in [-0.39, 0.29) is 16.7 Å². The van der Waals surface area contributed by atoms with E-state index in [1.807, 2.05) is 12.1 Å². The van der Waals surface area contributed by atoms with E-state index in [1.54, 1.807) is 12.1 Å². The van der Waals surface area contributed by atoms with Gasteiger partial charge in [-0.15, -0.1) is 11.8 Å². The maximum absolute atomic E-state index is 12.9. The number of hydrogen-bond donors (Lipinski definition) is 0. The summed E-state index contributed by atoms with van der Waals surface area (Å²) in [5, 5.41) is 11.3. The van der Waals surface area contributed by atoms with Gasteiger partial charge in [0.25, 0.3) is 5.91 Å². The molecule has 0 aromatic heterocycles. The molecule has 1 heterocycles. The van der Waals surface area contributed by atoms with Crippen molar-refractivity contribution in [3.05, 3.63) is 35.4 Å². The lowest BCUT2D eigenvalue weighted by Crippen LogP contribution is -2.51. The molecular formula is C19H26NO3S-. The number of thioether (sulfide) groups is 1. The highest BCUT2D eigenvalue weighted by molar-refractivity contribution is 8.00. The molecule has 0 N–H and O–H groups in total. The number of benzene rings is 1. The molecule has 0 radical (unpaired) electrons. The summed E-state index contributed by atoms with van der Waals surface area (Å²) in [4.78, 5) is 25.9. The molecule has 1 fully saturated rings. The van der Waals surface area contributed by atoms with E-state index in [4.69, 9.17) is 0 Å². The Bertz CT molecular complexity index is 604. The molecular weight excluding hydrogens is 322 g/mol. The van der Waals surface area contributed by atoms with Gasteiger partial charge in [0.05, 0.1) is 17.4 Å². The molecule has 2 rings (SSSR count). The van der Waals surface area contributed by atoms with Crippen molar-refractivity contribution in [1.29, 1.82) is 0 Å². The predicted molar refractivity (Wildman–Crippen MR) is 95.8 cm³/mol. The second-order valence-electron chi connectivity index (χ2n) is 7.79. The molecule has 0 saturated carbocycles.